The summed E-state index contributed by atoms with van der Waals surface area (Å²) in [5.41, 5.74) is 0. The Bertz CT molecular complexity index is 491. The number of benzene rings is 1. The summed E-state index contributed by atoms with van der Waals surface area (Å²) in [4.78, 5) is 0. The van der Waals surface area contributed by atoms with Gasteiger partial charge in [-0.2, -0.15) is 17.4 Å². The molecule has 0 bridgehead atoms. The third-order valence-corrected chi connectivity index (χ3v) is 4.35. The van der Waals surface area contributed by atoms with Crippen molar-refractivity contribution in [3.05, 3.63) is 28.7 Å². The zero-order chi connectivity index (χ0) is 13.8. The molecule has 1 atom stereocenters. The maximum atomic E-state index is 11.5. The summed E-state index contributed by atoms with van der Waals surface area (Å²) < 4.78 is 33.1. The third-order valence-electron chi connectivity index (χ3n) is 2.20. The van der Waals surface area contributed by atoms with Crippen molar-refractivity contribution in [2.45, 2.75) is 13.0 Å². The molecule has 0 saturated carbocycles. The van der Waals surface area contributed by atoms with Crippen LogP contribution in [0.1, 0.15) is 6.92 Å². The van der Waals surface area contributed by atoms with Gasteiger partial charge in [-0.05, 0) is 35.0 Å². The van der Waals surface area contributed by atoms with Crippen molar-refractivity contribution in [3.8, 4) is 5.75 Å². The van der Waals surface area contributed by atoms with E-state index in [1.165, 1.54) is 14.1 Å². The smallest absolute Gasteiger partial charge is 0.279 e. The van der Waals surface area contributed by atoms with Gasteiger partial charge in [-0.3, -0.25) is 0 Å². The molecule has 0 amide bonds. The maximum absolute atomic E-state index is 11.5. The quantitative estimate of drug-likeness (QED) is 0.858. The summed E-state index contributed by atoms with van der Waals surface area (Å²) in [6, 6.07) is 7.43. The van der Waals surface area contributed by atoms with E-state index in [0.717, 1.165) is 8.78 Å². The molecule has 5 nitrogen and oxygen atoms in total. The monoisotopic (exact) mass is 336 g/mol. The molecule has 1 aromatic carbocycles. The lowest BCUT2D eigenvalue weighted by Crippen LogP contribution is -2.40. The minimum atomic E-state index is -3.40. The highest BCUT2D eigenvalue weighted by molar-refractivity contribution is 9.10. The second kappa shape index (κ2) is 6.51. The summed E-state index contributed by atoms with van der Waals surface area (Å²) in [7, 11) is -0.456. The van der Waals surface area contributed by atoms with Crippen molar-refractivity contribution in [1.82, 2.24) is 9.03 Å². The number of ether oxygens (including phenoxy) is 1. The topological polar surface area (TPSA) is 58.6 Å². The summed E-state index contributed by atoms with van der Waals surface area (Å²) in [6.45, 7) is 2.01. The SMILES string of the molecule is CC(CNS(=O)(=O)N(C)C)Oc1ccccc1Br. The Morgan fingerprint density at radius 2 is 2.00 bits per heavy atom. The van der Waals surface area contributed by atoms with Gasteiger partial charge in [0.05, 0.1) is 4.47 Å². The van der Waals surface area contributed by atoms with Crippen molar-refractivity contribution in [1.29, 1.82) is 0 Å². The molecule has 0 aliphatic carbocycles. The van der Waals surface area contributed by atoms with Gasteiger partial charge in [0.2, 0.25) is 0 Å². The molecule has 1 N–H and O–H groups in total. The van der Waals surface area contributed by atoms with Gasteiger partial charge in [0.25, 0.3) is 10.2 Å². The molecule has 0 radical (unpaired) electrons. The van der Waals surface area contributed by atoms with Crippen molar-refractivity contribution in [3.63, 3.8) is 0 Å². The first-order valence-electron chi connectivity index (χ1n) is 5.41. The Hall–Kier alpha value is -0.630. The second-order valence-corrected chi connectivity index (χ2v) is 6.82. The van der Waals surface area contributed by atoms with Crippen molar-refractivity contribution >= 4 is 26.1 Å². The van der Waals surface area contributed by atoms with Crippen LogP contribution in [0.2, 0.25) is 0 Å². The third kappa shape index (κ3) is 4.56. The molecular formula is C11H17BrN2O3S. The van der Waals surface area contributed by atoms with Crippen LogP contribution in [-0.2, 0) is 10.2 Å². The Morgan fingerprint density at radius 1 is 1.39 bits per heavy atom. The Balaban J connectivity index is 2.53. The van der Waals surface area contributed by atoms with Crippen LogP contribution >= 0.6 is 15.9 Å². The van der Waals surface area contributed by atoms with E-state index in [0.29, 0.717) is 5.75 Å². The van der Waals surface area contributed by atoms with Gasteiger partial charge >= 0.3 is 0 Å². The number of halogens is 1. The van der Waals surface area contributed by atoms with Gasteiger partial charge in [-0.25, -0.2) is 0 Å². The minimum Gasteiger partial charge on any atom is -0.488 e. The van der Waals surface area contributed by atoms with Crippen LogP contribution in [0.15, 0.2) is 28.7 Å². The van der Waals surface area contributed by atoms with Crippen LogP contribution in [0.5, 0.6) is 5.75 Å². The average Bonchev–Trinajstić information content (AvgIpc) is 2.29. The molecule has 1 aromatic rings. The molecule has 1 rings (SSSR count). The van der Waals surface area contributed by atoms with Gasteiger partial charge in [0.15, 0.2) is 0 Å². The van der Waals surface area contributed by atoms with E-state index in [9.17, 15) is 8.42 Å². The number of nitrogens with one attached hydrogen (secondary N) is 1. The molecule has 102 valence electrons. The average molecular weight is 337 g/mol. The highest BCUT2D eigenvalue weighted by atomic mass is 79.9. The second-order valence-electron chi connectivity index (χ2n) is 3.99. The first-order valence-corrected chi connectivity index (χ1v) is 7.64. The van der Waals surface area contributed by atoms with E-state index in [-0.39, 0.29) is 12.6 Å². The van der Waals surface area contributed by atoms with Crippen LogP contribution < -0.4 is 9.46 Å². The van der Waals surface area contributed by atoms with E-state index in [1.54, 1.807) is 6.92 Å². The Kier molecular flexibility index (Phi) is 5.58. The van der Waals surface area contributed by atoms with E-state index in [1.807, 2.05) is 24.3 Å². The van der Waals surface area contributed by atoms with Crippen molar-refractivity contribution in [2.75, 3.05) is 20.6 Å². The largest absolute Gasteiger partial charge is 0.488 e. The molecule has 0 saturated heterocycles. The summed E-state index contributed by atoms with van der Waals surface area (Å²) in [6.07, 6.45) is -0.265. The van der Waals surface area contributed by atoms with E-state index < -0.39 is 10.2 Å². The highest BCUT2D eigenvalue weighted by Gasteiger charge is 2.15. The molecule has 1 unspecified atom stereocenters. The molecule has 0 aliphatic heterocycles. The first kappa shape index (κ1) is 15.4. The number of hydrogen-bond acceptors (Lipinski definition) is 3. The van der Waals surface area contributed by atoms with E-state index in [2.05, 4.69) is 20.7 Å². The fourth-order valence-corrected chi connectivity index (χ4v) is 2.23. The standard InChI is InChI=1S/C11H17BrN2O3S/c1-9(8-13-18(15,16)14(2)3)17-11-7-5-4-6-10(11)12/h4-7,9,13H,8H2,1-3H3. The van der Waals surface area contributed by atoms with Crippen molar-refractivity contribution < 1.29 is 13.2 Å². The van der Waals surface area contributed by atoms with Gasteiger partial charge in [-0.15, -0.1) is 0 Å². The molecule has 0 fully saturated rings. The van der Waals surface area contributed by atoms with Crippen LogP contribution in [0.25, 0.3) is 0 Å². The highest BCUT2D eigenvalue weighted by Crippen LogP contribution is 2.24. The van der Waals surface area contributed by atoms with E-state index >= 15 is 0 Å². The molecule has 0 spiro atoms. The minimum absolute atomic E-state index is 0.210. The Morgan fingerprint density at radius 3 is 2.56 bits per heavy atom. The predicted octanol–water partition coefficient (Wildman–Crippen LogP) is 1.61. The van der Waals surface area contributed by atoms with Gasteiger partial charge in [-0.1, -0.05) is 12.1 Å². The lowest BCUT2D eigenvalue weighted by atomic mass is 10.3. The van der Waals surface area contributed by atoms with Crippen LogP contribution in [-0.4, -0.2) is 39.5 Å². The van der Waals surface area contributed by atoms with Crippen LogP contribution in [0, 0.1) is 0 Å². The lowest BCUT2D eigenvalue weighted by molar-refractivity contribution is 0.223. The lowest BCUT2D eigenvalue weighted by Gasteiger charge is -2.18. The first-order chi connectivity index (χ1) is 8.33. The van der Waals surface area contributed by atoms with Gasteiger partial charge in [0.1, 0.15) is 11.9 Å². The predicted molar refractivity (Wildman–Crippen MR) is 74.8 cm³/mol. The number of hydrogen-bond donors (Lipinski definition) is 1. The normalized spacial score (nSPS) is 13.6. The van der Waals surface area contributed by atoms with Gasteiger partial charge in [0, 0.05) is 20.6 Å². The van der Waals surface area contributed by atoms with Crippen molar-refractivity contribution in [2.24, 2.45) is 0 Å². The zero-order valence-corrected chi connectivity index (χ0v) is 13.0. The summed E-state index contributed by atoms with van der Waals surface area (Å²) >= 11 is 3.37. The number of nitrogens with zero attached hydrogens (tertiary/aromatic N) is 1. The van der Waals surface area contributed by atoms with Crippen LogP contribution in [0.4, 0.5) is 0 Å². The van der Waals surface area contributed by atoms with Gasteiger partial charge < -0.3 is 4.74 Å². The molecule has 0 heterocycles. The van der Waals surface area contributed by atoms with E-state index in [4.69, 9.17) is 4.74 Å². The number of para-hydroxylation sites is 1. The fourth-order valence-electron chi connectivity index (χ4n) is 1.15. The zero-order valence-electron chi connectivity index (χ0n) is 10.6. The summed E-state index contributed by atoms with van der Waals surface area (Å²) in [5, 5.41) is 0. The summed E-state index contributed by atoms with van der Waals surface area (Å²) in [5.74, 6) is 0.689. The maximum Gasteiger partial charge on any atom is 0.279 e. The molecular weight excluding hydrogens is 320 g/mol. The fraction of sp³-hybridized carbons (Fsp3) is 0.455. The van der Waals surface area contributed by atoms with Crippen LogP contribution in [0.3, 0.4) is 0 Å². The molecule has 0 aromatic heterocycles. The molecule has 18 heavy (non-hydrogen) atoms. The Labute approximate surface area is 116 Å². The number of rotatable bonds is 6. The molecule has 0 aliphatic rings. The molecule has 7 heteroatoms.